The third-order valence-corrected chi connectivity index (χ3v) is 14.9. The van der Waals surface area contributed by atoms with Crippen LogP contribution in [-0.4, -0.2) is 27.9 Å². The second-order valence-electron chi connectivity index (χ2n) is 18.5. The molecule has 324 valence electrons. The van der Waals surface area contributed by atoms with Crippen molar-refractivity contribution < 1.29 is 8.83 Å². The lowest BCUT2D eigenvalue weighted by atomic mass is 10.1. The Bertz CT molecular complexity index is 4880. The Hall–Kier alpha value is -9.66. The number of furan rings is 2. The van der Waals surface area contributed by atoms with Crippen LogP contribution in [0.15, 0.2) is 215 Å². The maximum Gasteiger partial charge on any atom is 0.148 e. The third-order valence-electron chi connectivity index (χ3n) is 14.9. The molecule has 70 heavy (non-hydrogen) atoms. The van der Waals surface area contributed by atoms with Gasteiger partial charge in [0.05, 0.1) is 65.9 Å². The highest BCUT2D eigenvalue weighted by Gasteiger charge is 2.25. The van der Waals surface area contributed by atoms with Gasteiger partial charge in [-0.2, -0.15) is 0 Å². The van der Waals surface area contributed by atoms with Gasteiger partial charge in [0.2, 0.25) is 0 Å². The zero-order valence-electron chi connectivity index (χ0n) is 37.1. The Morgan fingerprint density at radius 2 is 0.643 bits per heavy atom. The van der Waals surface area contributed by atoms with Crippen molar-refractivity contribution in [2.75, 3.05) is 0 Å². The second-order valence-corrected chi connectivity index (χ2v) is 18.5. The molecule has 0 unspecified atom stereocenters. The van der Waals surface area contributed by atoms with E-state index < -0.39 is 0 Å². The molecule has 0 N–H and O–H groups in total. The number of rotatable bonds is 2. The number of fused-ring (bicyclic) bond motifs is 26. The maximum atomic E-state index is 6.32. The van der Waals surface area contributed by atoms with Gasteiger partial charge >= 0.3 is 0 Å². The Balaban J connectivity index is 1.09. The lowest BCUT2D eigenvalue weighted by Crippen LogP contribution is -1.97. The van der Waals surface area contributed by atoms with Crippen LogP contribution in [0.5, 0.6) is 0 Å². The van der Waals surface area contributed by atoms with Crippen molar-refractivity contribution in [3.05, 3.63) is 206 Å². The highest BCUT2D eigenvalue weighted by molar-refractivity contribution is 6.29. The van der Waals surface area contributed by atoms with E-state index in [4.69, 9.17) is 18.8 Å². The summed E-state index contributed by atoms with van der Waals surface area (Å²) in [5, 5.41) is 11.0. The number of hydrogen-bond donors (Lipinski definition) is 0. The third kappa shape index (κ3) is 4.59. The topological polar surface area (TPSA) is 70.7 Å². The summed E-state index contributed by atoms with van der Waals surface area (Å²) in [6.45, 7) is 0. The minimum absolute atomic E-state index is 0.867. The van der Waals surface area contributed by atoms with E-state index in [1.807, 2.05) is 24.3 Å². The molecule has 8 heteroatoms. The number of hydrogen-bond acceptors (Lipinski definition) is 4. The molecule has 17 rings (SSSR count). The molecule has 0 radical (unpaired) electrons. The largest absolute Gasteiger partial charge is 0.456 e. The van der Waals surface area contributed by atoms with Crippen LogP contribution in [0, 0.1) is 0 Å². The second kappa shape index (κ2) is 13.1. The maximum absolute atomic E-state index is 6.32. The molecular formula is C62H34N6O2. The minimum atomic E-state index is 0.867. The Labute approximate surface area is 395 Å². The Morgan fingerprint density at radius 1 is 0.271 bits per heavy atom. The molecule has 0 bridgehead atoms. The van der Waals surface area contributed by atoms with Crippen LogP contribution >= 0.6 is 0 Å². The molecule has 10 aromatic carbocycles. The van der Waals surface area contributed by atoms with E-state index in [0.29, 0.717) is 0 Å². The van der Waals surface area contributed by atoms with Crippen molar-refractivity contribution in [2.45, 2.75) is 0 Å². The lowest BCUT2D eigenvalue weighted by Gasteiger charge is -2.12. The van der Waals surface area contributed by atoms with E-state index in [1.54, 1.807) is 0 Å². The average molecular weight is 895 g/mol. The Morgan fingerprint density at radius 3 is 1.11 bits per heavy atom. The van der Waals surface area contributed by atoms with Gasteiger partial charge in [0, 0.05) is 54.5 Å². The molecule has 0 atom stereocenters. The average Bonchev–Trinajstić information content (AvgIpc) is 4.26. The smallest absolute Gasteiger partial charge is 0.148 e. The molecule has 0 aliphatic heterocycles. The lowest BCUT2D eigenvalue weighted by molar-refractivity contribution is 0.668. The Kier molecular flexibility index (Phi) is 6.80. The van der Waals surface area contributed by atoms with Gasteiger partial charge in [0.1, 0.15) is 33.6 Å². The molecule has 0 aliphatic rings. The molecule has 0 saturated heterocycles. The van der Waals surface area contributed by atoms with Crippen LogP contribution in [0.25, 0.3) is 154 Å². The first-order chi connectivity index (χ1) is 34.7. The van der Waals surface area contributed by atoms with Gasteiger partial charge in [-0.3, -0.25) is 8.80 Å². The first-order valence-corrected chi connectivity index (χ1v) is 23.7. The van der Waals surface area contributed by atoms with Gasteiger partial charge in [-0.25, -0.2) is 9.97 Å². The highest BCUT2D eigenvalue weighted by Crippen LogP contribution is 2.45. The van der Waals surface area contributed by atoms with Gasteiger partial charge in [0.15, 0.2) is 0 Å². The molecule has 0 fully saturated rings. The van der Waals surface area contributed by atoms with Gasteiger partial charge in [-0.1, -0.05) is 97.1 Å². The summed E-state index contributed by atoms with van der Waals surface area (Å²) in [6, 6.07) is 73.5. The molecule has 7 aromatic heterocycles. The predicted octanol–water partition coefficient (Wildman–Crippen LogP) is 16.1. The van der Waals surface area contributed by atoms with Crippen molar-refractivity contribution in [3.63, 3.8) is 0 Å². The van der Waals surface area contributed by atoms with Crippen LogP contribution in [0.4, 0.5) is 0 Å². The highest BCUT2D eigenvalue weighted by atomic mass is 16.3. The molecule has 8 nitrogen and oxygen atoms in total. The summed E-state index contributed by atoms with van der Waals surface area (Å²) < 4.78 is 22.3. The van der Waals surface area contributed by atoms with Gasteiger partial charge in [0.25, 0.3) is 0 Å². The first kappa shape index (κ1) is 36.5. The van der Waals surface area contributed by atoms with Crippen LogP contribution < -0.4 is 0 Å². The zero-order chi connectivity index (χ0) is 45.3. The summed E-state index contributed by atoms with van der Waals surface area (Å²) >= 11 is 0. The van der Waals surface area contributed by atoms with E-state index in [-0.39, 0.29) is 0 Å². The molecule has 7 heterocycles. The molecule has 0 spiro atoms. The molecular weight excluding hydrogens is 861 g/mol. The fraction of sp³-hybridized carbons (Fsp3) is 0. The van der Waals surface area contributed by atoms with E-state index in [9.17, 15) is 0 Å². The van der Waals surface area contributed by atoms with E-state index in [0.717, 1.165) is 154 Å². The van der Waals surface area contributed by atoms with Gasteiger partial charge in [-0.15, -0.1) is 0 Å². The summed E-state index contributed by atoms with van der Waals surface area (Å²) in [7, 11) is 0. The van der Waals surface area contributed by atoms with E-state index in [2.05, 4.69) is 200 Å². The van der Waals surface area contributed by atoms with Gasteiger partial charge in [-0.05, 0) is 109 Å². The molecule has 0 aliphatic carbocycles. The SMILES string of the molecule is c1ccc2c(c1)nc1c3c4c5ccccc5n(-c5ccc6oc7ccccc7c6c5)c4ccc3n3c4ccccc4nc3c3c4c5ccccc5n(-c5ccc6oc7ccccc7c6c5)c4ccc3n21. The number of imidazole rings is 2. The van der Waals surface area contributed by atoms with Crippen LogP contribution in [0.3, 0.4) is 0 Å². The predicted molar refractivity (Wildman–Crippen MR) is 286 cm³/mol. The summed E-state index contributed by atoms with van der Waals surface area (Å²) in [4.78, 5) is 11.4. The fourth-order valence-electron chi connectivity index (χ4n) is 12.1. The van der Waals surface area contributed by atoms with Crippen LogP contribution in [-0.2, 0) is 0 Å². The normalized spacial score (nSPS) is 12.6. The van der Waals surface area contributed by atoms with Crippen LogP contribution in [0.1, 0.15) is 0 Å². The van der Waals surface area contributed by atoms with Crippen LogP contribution in [0.2, 0.25) is 0 Å². The summed E-state index contributed by atoms with van der Waals surface area (Å²) in [6.07, 6.45) is 0. The van der Waals surface area contributed by atoms with Crippen molar-refractivity contribution in [2.24, 2.45) is 0 Å². The first-order valence-electron chi connectivity index (χ1n) is 23.7. The number of aromatic nitrogens is 6. The standard InChI is InChI=1S/C62H34N6O2/c1-7-19-45-39(15-1)57-49(65(45)35-25-31-55-41(33-35)37-13-3-11-23-53(37)69-55)27-29-51-59(57)61-63-43-17-5-10-22-48(43)68(61)52-30-28-50-58(60(52)62-64-44-18-6-9-21-47(44)67(51)62)40-16-2-8-20-46(40)66(50)36-26-32-56-42(34-36)38-14-4-12-24-54(38)70-56/h1-34H. The number of nitrogens with zero attached hydrogens (tertiary/aromatic N) is 6. The number of para-hydroxylation sites is 8. The van der Waals surface area contributed by atoms with Crippen molar-refractivity contribution in [3.8, 4) is 11.4 Å². The molecule has 0 saturated carbocycles. The van der Waals surface area contributed by atoms with Crippen molar-refractivity contribution in [1.29, 1.82) is 0 Å². The molecule has 0 amide bonds. The summed E-state index contributed by atoms with van der Waals surface area (Å²) in [5.41, 5.74) is 17.6. The fourth-order valence-corrected chi connectivity index (χ4v) is 12.1. The quantitative estimate of drug-likeness (QED) is 0.173. The van der Waals surface area contributed by atoms with E-state index in [1.165, 1.54) is 0 Å². The molecule has 17 aromatic rings. The van der Waals surface area contributed by atoms with Crippen molar-refractivity contribution >= 4 is 143 Å². The minimum Gasteiger partial charge on any atom is -0.456 e. The number of benzene rings is 10. The van der Waals surface area contributed by atoms with Gasteiger partial charge < -0.3 is 18.0 Å². The van der Waals surface area contributed by atoms with Crippen molar-refractivity contribution in [1.82, 2.24) is 27.9 Å². The van der Waals surface area contributed by atoms with E-state index >= 15 is 0 Å². The monoisotopic (exact) mass is 894 g/mol. The summed E-state index contributed by atoms with van der Waals surface area (Å²) in [5.74, 6) is 0. The zero-order valence-corrected chi connectivity index (χ0v) is 37.1.